The minimum atomic E-state index is -3.65. The van der Waals surface area contributed by atoms with Crippen LogP contribution in [0.1, 0.15) is 49.8 Å². The molecule has 0 radical (unpaired) electrons. The summed E-state index contributed by atoms with van der Waals surface area (Å²) in [6.07, 6.45) is 4.75. The number of amides is 1. The van der Waals surface area contributed by atoms with Crippen molar-refractivity contribution in [1.29, 1.82) is 0 Å². The standard InChI is InChI=1S/C25H29FN4O3S/c1-2-12-30(24-9-7-20-21(24)4-3-5-22(20)26)25(31)17-10-13-29(14-11-17)34(32,33)19-6-8-23-18(15-19)16-27-28-23/h3-6,8,15-17,24H,2,7,9-14H2,1H3,(H,27,28)/t24-/m1/s1. The fourth-order valence-corrected chi connectivity index (χ4v) is 6.89. The largest absolute Gasteiger partial charge is 0.335 e. The molecule has 1 aliphatic carbocycles. The van der Waals surface area contributed by atoms with Gasteiger partial charge in [0, 0.05) is 30.9 Å². The van der Waals surface area contributed by atoms with Gasteiger partial charge in [0.05, 0.1) is 22.7 Å². The Hall–Kier alpha value is -2.78. The topological polar surface area (TPSA) is 86.4 Å². The summed E-state index contributed by atoms with van der Waals surface area (Å²) in [5.74, 6) is -0.371. The Morgan fingerprint density at radius 1 is 1.21 bits per heavy atom. The molecule has 0 saturated carbocycles. The van der Waals surface area contributed by atoms with E-state index in [-0.39, 0.29) is 28.6 Å². The zero-order valence-corrected chi connectivity index (χ0v) is 20.0. The van der Waals surface area contributed by atoms with Gasteiger partial charge in [0.25, 0.3) is 0 Å². The molecule has 7 nitrogen and oxygen atoms in total. The average Bonchev–Trinajstić information content (AvgIpc) is 3.49. The summed E-state index contributed by atoms with van der Waals surface area (Å²) in [6, 6.07) is 9.95. The van der Waals surface area contributed by atoms with Crippen LogP contribution in [0.5, 0.6) is 0 Å². The van der Waals surface area contributed by atoms with Crippen molar-refractivity contribution >= 4 is 26.8 Å². The zero-order valence-electron chi connectivity index (χ0n) is 19.2. The van der Waals surface area contributed by atoms with E-state index in [1.54, 1.807) is 30.5 Å². The van der Waals surface area contributed by atoms with Gasteiger partial charge in [-0.1, -0.05) is 19.1 Å². The first-order valence-corrected chi connectivity index (χ1v) is 13.3. The molecule has 2 heterocycles. The second-order valence-corrected chi connectivity index (χ2v) is 11.1. The number of sulfonamides is 1. The highest BCUT2D eigenvalue weighted by molar-refractivity contribution is 7.89. The van der Waals surface area contributed by atoms with Crippen LogP contribution in [0.2, 0.25) is 0 Å². The summed E-state index contributed by atoms with van der Waals surface area (Å²) in [5, 5.41) is 7.53. The Kier molecular flexibility index (Phi) is 6.16. The molecule has 1 atom stereocenters. The van der Waals surface area contributed by atoms with E-state index in [0.29, 0.717) is 38.9 Å². The predicted octanol–water partition coefficient (Wildman–Crippen LogP) is 4.03. The molecule has 0 spiro atoms. The van der Waals surface area contributed by atoms with Crippen LogP contribution >= 0.6 is 0 Å². The van der Waals surface area contributed by atoms with Crippen molar-refractivity contribution in [3.8, 4) is 0 Å². The molecule has 1 N–H and O–H groups in total. The number of benzene rings is 2. The van der Waals surface area contributed by atoms with Crippen LogP contribution in [0.15, 0.2) is 47.5 Å². The van der Waals surface area contributed by atoms with Gasteiger partial charge >= 0.3 is 0 Å². The number of carbonyl (C=O) groups is 1. The quantitative estimate of drug-likeness (QED) is 0.572. The molecule has 2 aliphatic rings. The molecule has 0 unspecified atom stereocenters. The highest BCUT2D eigenvalue weighted by atomic mass is 32.2. The van der Waals surface area contributed by atoms with E-state index in [4.69, 9.17) is 0 Å². The number of piperidine rings is 1. The van der Waals surface area contributed by atoms with E-state index >= 15 is 0 Å². The fourth-order valence-electron chi connectivity index (χ4n) is 5.38. The predicted molar refractivity (Wildman–Crippen MR) is 127 cm³/mol. The van der Waals surface area contributed by atoms with Crippen LogP contribution in [0.4, 0.5) is 4.39 Å². The third kappa shape index (κ3) is 4.01. The van der Waals surface area contributed by atoms with Crippen molar-refractivity contribution in [3.05, 3.63) is 59.5 Å². The van der Waals surface area contributed by atoms with Gasteiger partial charge in [-0.3, -0.25) is 9.89 Å². The fraction of sp³-hybridized carbons (Fsp3) is 0.440. The van der Waals surface area contributed by atoms with Gasteiger partial charge in [0.1, 0.15) is 5.82 Å². The van der Waals surface area contributed by atoms with Crippen molar-refractivity contribution in [2.24, 2.45) is 5.92 Å². The number of fused-ring (bicyclic) bond motifs is 2. The Bertz CT molecular complexity index is 1310. The van der Waals surface area contributed by atoms with E-state index in [9.17, 15) is 17.6 Å². The van der Waals surface area contributed by atoms with E-state index < -0.39 is 10.0 Å². The van der Waals surface area contributed by atoms with Crippen molar-refractivity contribution in [1.82, 2.24) is 19.4 Å². The number of hydrogen-bond donors (Lipinski definition) is 1. The van der Waals surface area contributed by atoms with Crippen molar-refractivity contribution in [2.45, 2.75) is 50.0 Å². The van der Waals surface area contributed by atoms with E-state index in [2.05, 4.69) is 10.2 Å². The first-order valence-electron chi connectivity index (χ1n) is 11.9. The van der Waals surface area contributed by atoms with Gasteiger partial charge < -0.3 is 4.90 Å². The number of H-pyrrole nitrogens is 1. The Morgan fingerprint density at radius 2 is 2.00 bits per heavy atom. The SMILES string of the molecule is CCCN(C(=O)C1CCN(S(=O)(=O)c2ccc3[nH]ncc3c2)CC1)[C@@H]1CCc2c(F)cccc21. The third-order valence-electron chi connectivity index (χ3n) is 7.16. The molecule has 180 valence electrons. The summed E-state index contributed by atoms with van der Waals surface area (Å²) in [6.45, 7) is 3.26. The minimum absolute atomic E-state index is 0.0563. The van der Waals surface area contributed by atoms with Crippen LogP contribution < -0.4 is 0 Å². The lowest BCUT2D eigenvalue weighted by molar-refractivity contribution is -0.139. The van der Waals surface area contributed by atoms with Gasteiger partial charge in [0.2, 0.25) is 15.9 Å². The van der Waals surface area contributed by atoms with E-state index in [0.717, 1.165) is 34.9 Å². The number of aromatic amines is 1. The molecule has 5 rings (SSSR count). The van der Waals surface area contributed by atoms with Gasteiger partial charge in [-0.05, 0) is 67.5 Å². The third-order valence-corrected chi connectivity index (χ3v) is 9.05. The van der Waals surface area contributed by atoms with E-state index in [1.165, 1.54) is 10.4 Å². The molecule has 0 bridgehead atoms. The summed E-state index contributed by atoms with van der Waals surface area (Å²) in [5.41, 5.74) is 2.42. The number of rotatable bonds is 6. The summed E-state index contributed by atoms with van der Waals surface area (Å²) in [4.78, 5) is 15.7. The highest BCUT2D eigenvalue weighted by Crippen LogP contribution is 2.38. The first kappa shape index (κ1) is 23.0. The summed E-state index contributed by atoms with van der Waals surface area (Å²) in [7, 11) is -3.65. The Labute approximate surface area is 199 Å². The van der Waals surface area contributed by atoms with Gasteiger partial charge in [0.15, 0.2) is 0 Å². The van der Waals surface area contributed by atoms with Crippen LogP contribution in [0.25, 0.3) is 10.9 Å². The highest BCUT2D eigenvalue weighted by Gasteiger charge is 2.38. The Balaban J connectivity index is 1.30. The number of hydrogen-bond acceptors (Lipinski definition) is 4. The molecule has 34 heavy (non-hydrogen) atoms. The van der Waals surface area contributed by atoms with Crippen LogP contribution in [0, 0.1) is 11.7 Å². The molecular formula is C25H29FN4O3S. The molecule has 1 aromatic heterocycles. The van der Waals surface area contributed by atoms with Crippen LogP contribution in [-0.2, 0) is 21.2 Å². The lowest BCUT2D eigenvalue weighted by Crippen LogP contribution is -2.45. The normalized spacial score (nSPS) is 19.4. The maximum atomic E-state index is 14.3. The van der Waals surface area contributed by atoms with Gasteiger partial charge in [-0.2, -0.15) is 9.40 Å². The molecule has 3 aromatic rings. The van der Waals surface area contributed by atoms with Crippen LogP contribution in [-0.4, -0.2) is 53.4 Å². The monoisotopic (exact) mass is 484 g/mol. The van der Waals surface area contributed by atoms with Gasteiger partial charge in [-0.15, -0.1) is 0 Å². The van der Waals surface area contributed by atoms with Crippen molar-refractivity contribution in [3.63, 3.8) is 0 Å². The lowest BCUT2D eigenvalue weighted by atomic mass is 9.95. The minimum Gasteiger partial charge on any atom is -0.335 e. The molecule has 9 heteroatoms. The second-order valence-electron chi connectivity index (χ2n) is 9.19. The zero-order chi connectivity index (χ0) is 23.9. The maximum absolute atomic E-state index is 14.3. The summed E-state index contributed by atoms with van der Waals surface area (Å²) >= 11 is 0. The van der Waals surface area contributed by atoms with E-state index in [1.807, 2.05) is 17.9 Å². The first-order chi connectivity index (χ1) is 16.4. The molecular weight excluding hydrogens is 455 g/mol. The number of nitrogens with one attached hydrogen (secondary N) is 1. The Morgan fingerprint density at radius 3 is 2.76 bits per heavy atom. The molecule has 1 amide bonds. The van der Waals surface area contributed by atoms with Gasteiger partial charge in [-0.25, -0.2) is 12.8 Å². The molecule has 2 aromatic carbocycles. The summed E-state index contributed by atoms with van der Waals surface area (Å²) < 4.78 is 42.2. The lowest BCUT2D eigenvalue weighted by Gasteiger charge is -2.36. The maximum Gasteiger partial charge on any atom is 0.243 e. The number of aromatic nitrogens is 2. The number of nitrogens with zero attached hydrogens (tertiary/aromatic N) is 3. The average molecular weight is 485 g/mol. The van der Waals surface area contributed by atoms with Crippen molar-refractivity contribution in [2.75, 3.05) is 19.6 Å². The van der Waals surface area contributed by atoms with Crippen LogP contribution in [0.3, 0.4) is 0 Å². The number of halogens is 1. The smallest absolute Gasteiger partial charge is 0.243 e. The molecule has 1 aliphatic heterocycles. The number of carbonyl (C=O) groups excluding carboxylic acids is 1. The molecule has 1 saturated heterocycles. The van der Waals surface area contributed by atoms with Crippen molar-refractivity contribution < 1.29 is 17.6 Å². The second kappa shape index (κ2) is 9.11. The molecule has 1 fully saturated rings.